The normalized spacial score (nSPS) is 20.9. The number of hydrogen-bond acceptors (Lipinski definition) is 4. The van der Waals surface area contributed by atoms with Crippen LogP contribution < -0.4 is 0 Å². The molecule has 1 saturated carbocycles. The molecule has 0 aliphatic heterocycles. The number of hydrogen-bond donors (Lipinski definition) is 0. The zero-order chi connectivity index (χ0) is 28.2. The van der Waals surface area contributed by atoms with E-state index in [-0.39, 0.29) is 23.8 Å². The molecule has 38 heavy (non-hydrogen) atoms. The van der Waals surface area contributed by atoms with Crippen LogP contribution in [0.25, 0.3) is 0 Å². The Labute approximate surface area is 236 Å². The zero-order valence-electron chi connectivity index (χ0n) is 26.2. The lowest BCUT2D eigenvalue weighted by atomic mass is 9.82. The summed E-state index contributed by atoms with van der Waals surface area (Å²) in [5.41, 5.74) is 0. The van der Waals surface area contributed by atoms with Crippen LogP contribution >= 0.6 is 0 Å². The Morgan fingerprint density at radius 2 is 0.816 bits per heavy atom. The third-order valence-corrected chi connectivity index (χ3v) is 8.80. The van der Waals surface area contributed by atoms with Gasteiger partial charge in [0.05, 0.1) is 25.0 Å². The van der Waals surface area contributed by atoms with E-state index in [0.29, 0.717) is 25.0 Å². The molecular formula is C34H64O4. The van der Waals surface area contributed by atoms with E-state index in [1.807, 2.05) is 0 Å². The Morgan fingerprint density at radius 1 is 0.526 bits per heavy atom. The van der Waals surface area contributed by atoms with E-state index >= 15 is 0 Å². The van der Waals surface area contributed by atoms with Gasteiger partial charge in [0.25, 0.3) is 0 Å². The van der Waals surface area contributed by atoms with Crippen molar-refractivity contribution < 1.29 is 19.1 Å². The van der Waals surface area contributed by atoms with E-state index in [2.05, 4.69) is 41.5 Å². The van der Waals surface area contributed by atoms with Gasteiger partial charge in [-0.2, -0.15) is 0 Å². The summed E-state index contributed by atoms with van der Waals surface area (Å²) in [6.45, 7) is 14.7. The standard InChI is InChI=1S/C34H64O4/c1-7-9-15-27(3)17-11-13-19-29(5)25-37-33(35)31-21-23-32(24-22-31)34(36)38-26-30(6)20-14-12-18-28(4)16-10-8-2/h27-32H,7-26H2,1-6H3. The van der Waals surface area contributed by atoms with Crippen LogP contribution in [0.15, 0.2) is 0 Å². The number of carbonyl (C=O) groups excluding carboxylic acids is 2. The van der Waals surface area contributed by atoms with Gasteiger partial charge < -0.3 is 9.47 Å². The predicted octanol–water partition coefficient (Wildman–Crippen LogP) is 9.92. The van der Waals surface area contributed by atoms with Crippen molar-refractivity contribution in [3.8, 4) is 0 Å². The fourth-order valence-electron chi connectivity index (χ4n) is 5.78. The highest BCUT2D eigenvalue weighted by molar-refractivity contribution is 5.75. The Balaban J connectivity index is 2.12. The van der Waals surface area contributed by atoms with Crippen molar-refractivity contribution in [1.82, 2.24) is 0 Å². The van der Waals surface area contributed by atoms with Gasteiger partial charge in [-0.25, -0.2) is 0 Å². The van der Waals surface area contributed by atoms with Gasteiger partial charge >= 0.3 is 11.9 Å². The Morgan fingerprint density at radius 3 is 1.13 bits per heavy atom. The van der Waals surface area contributed by atoms with Crippen molar-refractivity contribution in [1.29, 1.82) is 0 Å². The predicted molar refractivity (Wildman–Crippen MR) is 160 cm³/mol. The minimum absolute atomic E-state index is 0.0516. The number of unbranched alkanes of at least 4 members (excludes halogenated alkanes) is 4. The van der Waals surface area contributed by atoms with Crippen molar-refractivity contribution in [2.45, 2.75) is 157 Å². The lowest BCUT2D eigenvalue weighted by molar-refractivity contribution is -0.156. The van der Waals surface area contributed by atoms with Crippen LogP contribution in [0.4, 0.5) is 0 Å². The molecule has 4 heteroatoms. The summed E-state index contributed by atoms with van der Waals surface area (Å²) in [6, 6.07) is 0. The fourth-order valence-corrected chi connectivity index (χ4v) is 5.78. The summed E-state index contributed by atoms with van der Waals surface area (Å²) in [5, 5.41) is 0. The molecule has 0 radical (unpaired) electrons. The zero-order valence-corrected chi connectivity index (χ0v) is 26.2. The molecule has 0 N–H and O–H groups in total. The highest BCUT2D eigenvalue weighted by Gasteiger charge is 2.32. The van der Waals surface area contributed by atoms with Gasteiger partial charge in [0.2, 0.25) is 0 Å². The van der Waals surface area contributed by atoms with Gasteiger partial charge in [-0.15, -0.1) is 0 Å². The minimum Gasteiger partial charge on any atom is -0.465 e. The lowest BCUT2D eigenvalue weighted by Crippen LogP contribution is -2.29. The molecule has 0 aromatic rings. The second-order valence-electron chi connectivity index (χ2n) is 13.1. The van der Waals surface area contributed by atoms with Crippen LogP contribution in [0.3, 0.4) is 0 Å². The van der Waals surface area contributed by atoms with Gasteiger partial charge in [-0.1, -0.05) is 119 Å². The summed E-state index contributed by atoms with van der Waals surface area (Å²) >= 11 is 0. The molecule has 0 amide bonds. The average Bonchev–Trinajstić information content (AvgIpc) is 2.92. The first-order chi connectivity index (χ1) is 18.3. The van der Waals surface area contributed by atoms with E-state index in [1.54, 1.807) is 0 Å². The maximum atomic E-state index is 12.6. The molecule has 4 unspecified atom stereocenters. The smallest absolute Gasteiger partial charge is 0.308 e. The molecule has 4 atom stereocenters. The van der Waals surface area contributed by atoms with Crippen molar-refractivity contribution in [3.63, 3.8) is 0 Å². The Hall–Kier alpha value is -1.06. The molecule has 0 aromatic carbocycles. The first-order valence-electron chi connectivity index (χ1n) is 16.6. The van der Waals surface area contributed by atoms with Crippen molar-refractivity contribution in [3.05, 3.63) is 0 Å². The van der Waals surface area contributed by atoms with Gasteiger partial charge in [0.1, 0.15) is 0 Å². The van der Waals surface area contributed by atoms with Crippen LogP contribution in [0.5, 0.6) is 0 Å². The average molecular weight is 537 g/mol. The van der Waals surface area contributed by atoms with E-state index in [4.69, 9.17) is 9.47 Å². The lowest BCUT2D eigenvalue weighted by Gasteiger charge is -2.26. The van der Waals surface area contributed by atoms with Crippen LogP contribution in [-0.4, -0.2) is 25.2 Å². The van der Waals surface area contributed by atoms with Gasteiger partial charge in [-0.05, 0) is 62.2 Å². The molecular weight excluding hydrogens is 472 g/mol. The third kappa shape index (κ3) is 16.8. The van der Waals surface area contributed by atoms with E-state index in [0.717, 1.165) is 50.4 Å². The minimum atomic E-state index is -0.0607. The molecule has 0 bridgehead atoms. The molecule has 0 heterocycles. The quantitative estimate of drug-likeness (QED) is 0.102. The summed E-state index contributed by atoms with van der Waals surface area (Å²) in [4.78, 5) is 25.2. The molecule has 224 valence electrons. The van der Waals surface area contributed by atoms with Gasteiger partial charge in [0.15, 0.2) is 0 Å². The number of ether oxygens (including phenoxy) is 2. The molecule has 1 fully saturated rings. The number of rotatable bonds is 22. The molecule has 0 spiro atoms. The largest absolute Gasteiger partial charge is 0.465 e. The van der Waals surface area contributed by atoms with Gasteiger partial charge in [-0.3, -0.25) is 9.59 Å². The van der Waals surface area contributed by atoms with Gasteiger partial charge in [0, 0.05) is 0 Å². The number of carbonyl (C=O) groups is 2. The molecule has 1 aliphatic carbocycles. The molecule has 1 aliphatic rings. The highest BCUT2D eigenvalue weighted by atomic mass is 16.5. The van der Waals surface area contributed by atoms with Crippen molar-refractivity contribution >= 4 is 11.9 Å². The fraction of sp³-hybridized carbons (Fsp3) is 0.941. The molecule has 4 nitrogen and oxygen atoms in total. The van der Waals surface area contributed by atoms with Crippen LogP contribution in [0, 0.1) is 35.5 Å². The highest BCUT2D eigenvalue weighted by Crippen LogP contribution is 2.31. The van der Waals surface area contributed by atoms with E-state index in [1.165, 1.54) is 77.0 Å². The first-order valence-corrected chi connectivity index (χ1v) is 16.6. The summed E-state index contributed by atoms with van der Waals surface area (Å²) in [7, 11) is 0. The molecule has 0 aromatic heterocycles. The van der Waals surface area contributed by atoms with E-state index < -0.39 is 0 Å². The summed E-state index contributed by atoms with van der Waals surface area (Å²) in [5.74, 6) is 2.28. The van der Waals surface area contributed by atoms with Crippen molar-refractivity contribution in [2.24, 2.45) is 35.5 Å². The first kappa shape index (κ1) is 35.0. The Bertz CT molecular complexity index is 543. The maximum absolute atomic E-state index is 12.6. The molecule has 1 rings (SSSR count). The van der Waals surface area contributed by atoms with Crippen molar-refractivity contribution in [2.75, 3.05) is 13.2 Å². The number of esters is 2. The molecule has 0 saturated heterocycles. The van der Waals surface area contributed by atoms with Crippen LogP contribution in [0.1, 0.15) is 157 Å². The van der Waals surface area contributed by atoms with Crippen LogP contribution in [-0.2, 0) is 19.1 Å². The van der Waals surface area contributed by atoms with Crippen LogP contribution in [0.2, 0.25) is 0 Å². The second kappa shape index (κ2) is 21.7. The summed E-state index contributed by atoms with van der Waals surface area (Å²) in [6.07, 6.45) is 20.8. The maximum Gasteiger partial charge on any atom is 0.308 e. The summed E-state index contributed by atoms with van der Waals surface area (Å²) < 4.78 is 11.3. The SMILES string of the molecule is CCCCC(C)CCCCC(C)COC(=O)C1CCC(C(=O)OCC(C)CCCCC(C)CCCC)CC1. The third-order valence-electron chi connectivity index (χ3n) is 8.80. The topological polar surface area (TPSA) is 52.6 Å². The Kier molecular flexibility index (Phi) is 20.0. The second-order valence-corrected chi connectivity index (χ2v) is 13.1. The van der Waals surface area contributed by atoms with E-state index in [9.17, 15) is 9.59 Å². The monoisotopic (exact) mass is 536 g/mol.